The summed E-state index contributed by atoms with van der Waals surface area (Å²) in [6.45, 7) is 0.256. The Balaban J connectivity index is 1.81. The maximum atomic E-state index is 12.7. The summed E-state index contributed by atoms with van der Waals surface area (Å²) in [6, 6.07) is 13.0. The summed E-state index contributed by atoms with van der Waals surface area (Å²) in [5.41, 5.74) is 1.56. The normalized spacial score (nSPS) is 9.62. The molecule has 4 heteroatoms. The number of rotatable bonds is 3. The molecule has 2 rings (SSSR count). The fourth-order valence-electron chi connectivity index (χ4n) is 1.71. The summed E-state index contributed by atoms with van der Waals surface area (Å²) in [5, 5.41) is 3.32. The fourth-order valence-corrected chi connectivity index (χ4v) is 1.90. The second kappa shape index (κ2) is 7.47. The Hall–Kier alpha value is -2.31. The van der Waals surface area contributed by atoms with E-state index in [1.54, 1.807) is 24.3 Å². The van der Waals surface area contributed by atoms with E-state index in [2.05, 4.69) is 17.2 Å². The highest BCUT2D eigenvalue weighted by Crippen LogP contribution is 2.09. The minimum absolute atomic E-state index is 0.151. The molecule has 21 heavy (non-hydrogen) atoms. The number of carbonyl (C=O) groups excluding carboxylic acids is 1. The SMILES string of the molecule is O=C(Cc1ccc(F)cc1)NCC#Cc1cccc(Cl)c1. The van der Waals surface area contributed by atoms with E-state index >= 15 is 0 Å². The second-order valence-corrected chi connectivity index (χ2v) is 4.83. The third kappa shape index (κ3) is 5.29. The van der Waals surface area contributed by atoms with Gasteiger partial charge in [-0.1, -0.05) is 41.6 Å². The average molecular weight is 302 g/mol. The lowest BCUT2D eigenvalue weighted by Crippen LogP contribution is -2.25. The molecule has 1 N–H and O–H groups in total. The zero-order valence-electron chi connectivity index (χ0n) is 11.2. The van der Waals surface area contributed by atoms with Crippen LogP contribution in [-0.4, -0.2) is 12.5 Å². The van der Waals surface area contributed by atoms with Gasteiger partial charge in [-0.15, -0.1) is 0 Å². The molecule has 0 radical (unpaired) electrons. The van der Waals surface area contributed by atoms with Gasteiger partial charge in [-0.3, -0.25) is 4.79 Å². The van der Waals surface area contributed by atoms with Crippen molar-refractivity contribution in [3.05, 3.63) is 70.5 Å². The number of hydrogen-bond donors (Lipinski definition) is 1. The Morgan fingerprint density at radius 2 is 1.95 bits per heavy atom. The summed E-state index contributed by atoms with van der Waals surface area (Å²) in [7, 11) is 0. The Kier molecular flexibility index (Phi) is 5.36. The van der Waals surface area contributed by atoms with Gasteiger partial charge in [0, 0.05) is 10.6 Å². The van der Waals surface area contributed by atoms with Crippen LogP contribution in [-0.2, 0) is 11.2 Å². The van der Waals surface area contributed by atoms with Gasteiger partial charge >= 0.3 is 0 Å². The molecule has 2 aromatic rings. The molecule has 0 aliphatic heterocycles. The average Bonchev–Trinajstić information content (AvgIpc) is 2.46. The summed E-state index contributed by atoms with van der Waals surface area (Å²) in [6.07, 6.45) is 0.207. The molecule has 0 unspecified atom stereocenters. The van der Waals surface area contributed by atoms with Crippen molar-refractivity contribution < 1.29 is 9.18 Å². The smallest absolute Gasteiger partial charge is 0.225 e. The van der Waals surface area contributed by atoms with Gasteiger partial charge in [-0.25, -0.2) is 4.39 Å². The minimum atomic E-state index is -0.313. The van der Waals surface area contributed by atoms with Crippen LogP contribution in [0.4, 0.5) is 4.39 Å². The topological polar surface area (TPSA) is 29.1 Å². The molecule has 106 valence electrons. The van der Waals surface area contributed by atoms with Crippen molar-refractivity contribution in [1.29, 1.82) is 0 Å². The van der Waals surface area contributed by atoms with Crippen LogP contribution in [0.3, 0.4) is 0 Å². The van der Waals surface area contributed by atoms with E-state index in [1.165, 1.54) is 12.1 Å². The molecule has 0 spiro atoms. The van der Waals surface area contributed by atoms with Crippen molar-refractivity contribution in [2.45, 2.75) is 6.42 Å². The molecular weight excluding hydrogens is 289 g/mol. The monoisotopic (exact) mass is 301 g/mol. The van der Waals surface area contributed by atoms with Crippen molar-refractivity contribution >= 4 is 17.5 Å². The van der Waals surface area contributed by atoms with E-state index in [0.717, 1.165) is 11.1 Å². The number of nitrogens with one attached hydrogen (secondary N) is 1. The van der Waals surface area contributed by atoms with E-state index in [4.69, 9.17) is 11.6 Å². The maximum Gasteiger partial charge on any atom is 0.225 e. The van der Waals surface area contributed by atoms with Crippen molar-refractivity contribution in [3.8, 4) is 11.8 Å². The van der Waals surface area contributed by atoms with Gasteiger partial charge in [-0.2, -0.15) is 0 Å². The van der Waals surface area contributed by atoms with Crippen molar-refractivity contribution in [3.63, 3.8) is 0 Å². The lowest BCUT2D eigenvalue weighted by Gasteiger charge is -2.01. The standard InChI is InChI=1S/C17H13ClFNO/c18-15-5-1-3-13(11-15)4-2-10-20-17(21)12-14-6-8-16(19)9-7-14/h1,3,5-9,11H,10,12H2,(H,20,21). The summed E-state index contributed by atoms with van der Waals surface area (Å²) in [5.74, 6) is 5.30. The van der Waals surface area contributed by atoms with Crippen LogP contribution in [0.1, 0.15) is 11.1 Å². The quantitative estimate of drug-likeness (QED) is 0.867. The molecule has 0 aliphatic carbocycles. The van der Waals surface area contributed by atoms with Gasteiger partial charge in [0.25, 0.3) is 0 Å². The molecule has 2 aromatic carbocycles. The highest BCUT2D eigenvalue weighted by Gasteiger charge is 2.01. The third-order valence-electron chi connectivity index (χ3n) is 2.71. The van der Waals surface area contributed by atoms with E-state index in [0.29, 0.717) is 5.02 Å². The Morgan fingerprint density at radius 1 is 1.19 bits per heavy atom. The van der Waals surface area contributed by atoms with Crippen molar-refractivity contribution in [2.75, 3.05) is 6.54 Å². The molecule has 1 amide bonds. The Bertz CT molecular complexity index is 686. The van der Waals surface area contributed by atoms with E-state index in [1.807, 2.05) is 12.1 Å². The zero-order valence-corrected chi connectivity index (χ0v) is 12.0. The summed E-state index contributed by atoms with van der Waals surface area (Å²) < 4.78 is 12.7. The number of carbonyl (C=O) groups is 1. The van der Waals surface area contributed by atoms with Gasteiger partial charge in [0.05, 0.1) is 13.0 Å². The van der Waals surface area contributed by atoms with Gasteiger partial charge in [0.15, 0.2) is 0 Å². The lowest BCUT2D eigenvalue weighted by atomic mass is 10.1. The third-order valence-corrected chi connectivity index (χ3v) is 2.94. The van der Waals surface area contributed by atoms with E-state index in [-0.39, 0.29) is 24.7 Å². The molecule has 0 aliphatic rings. The van der Waals surface area contributed by atoms with Crippen LogP contribution in [0.5, 0.6) is 0 Å². The first-order valence-corrected chi connectivity index (χ1v) is 6.77. The molecule has 2 nitrogen and oxygen atoms in total. The van der Waals surface area contributed by atoms with Crippen LogP contribution in [0.15, 0.2) is 48.5 Å². The molecule has 0 bridgehead atoms. The molecule has 0 saturated carbocycles. The van der Waals surface area contributed by atoms with Gasteiger partial charge < -0.3 is 5.32 Å². The first kappa shape index (κ1) is 15.1. The Labute approximate surface area is 127 Å². The molecule has 0 heterocycles. The zero-order chi connectivity index (χ0) is 15.1. The van der Waals surface area contributed by atoms with Crippen LogP contribution in [0.2, 0.25) is 5.02 Å². The van der Waals surface area contributed by atoms with Crippen LogP contribution in [0.25, 0.3) is 0 Å². The molecule has 0 saturated heterocycles. The van der Waals surface area contributed by atoms with Crippen LogP contribution >= 0.6 is 11.6 Å². The number of hydrogen-bond acceptors (Lipinski definition) is 1. The highest BCUT2D eigenvalue weighted by atomic mass is 35.5. The van der Waals surface area contributed by atoms with Crippen LogP contribution < -0.4 is 5.32 Å². The van der Waals surface area contributed by atoms with Crippen molar-refractivity contribution in [2.24, 2.45) is 0 Å². The predicted molar refractivity (Wildman–Crippen MR) is 81.4 cm³/mol. The van der Waals surface area contributed by atoms with E-state index < -0.39 is 0 Å². The van der Waals surface area contributed by atoms with E-state index in [9.17, 15) is 9.18 Å². The second-order valence-electron chi connectivity index (χ2n) is 4.39. The number of halogens is 2. The van der Waals surface area contributed by atoms with Gasteiger partial charge in [0.2, 0.25) is 5.91 Å². The first-order chi connectivity index (χ1) is 10.1. The van der Waals surface area contributed by atoms with Gasteiger partial charge in [0.1, 0.15) is 5.82 Å². The highest BCUT2D eigenvalue weighted by molar-refractivity contribution is 6.30. The lowest BCUT2D eigenvalue weighted by molar-refractivity contribution is -0.120. The maximum absolute atomic E-state index is 12.7. The minimum Gasteiger partial charge on any atom is -0.345 e. The number of benzene rings is 2. The molecule has 0 atom stereocenters. The van der Waals surface area contributed by atoms with Crippen molar-refractivity contribution in [1.82, 2.24) is 5.32 Å². The first-order valence-electron chi connectivity index (χ1n) is 6.39. The molecule has 0 fully saturated rings. The fraction of sp³-hybridized carbons (Fsp3) is 0.118. The summed E-state index contributed by atoms with van der Waals surface area (Å²) in [4.78, 5) is 11.7. The summed E-state index contributed by atoms with van der Waals surface area (Å²) >= 11 is 5.85. The van der Waals surface area contributed by atoms with Gasteiger partial charge in [-0.05, 0) is 35.9 Å². The largest absolute Gasteiger partial charge is 0.345 e. The Morgan fingerprint density at radius 3 is 2.67 bits per heavy atom. The molecular formula is C17H13ClFNO. The molecule has 0 aromatic heterocycles. The van der Waals surface area contributed by atoms with Crippen LogP contribution in [0, 0.1) is 17.7 Å². The predicted octanol–water partition coefficient (Wildman–Crippen LogP) is 3.19. The number of amides is 1.